The molecule has 14 heteroatoms. The number of hydrogen-bond donors (Lipinski definition) is 0. The summed E-state index contributed by atoms with van der Waals surface area (Å²) in [6.45, 7) is 19.2. The molecule has 3 aromatic rings. The molecule has 4 saturated heterocycles. The number of carbonyl (C=O) groups excluding carboxylic acids is 2. The second kappa shape index (κ2) is 20.2. The molecule has 4 aliphatic rings. The van der Waals surface area contributed by atoms with Gasteiger partial charge < -0.3 is 33.8 Å². The molecule has 0 unspecified atom stereocenters. The number of halogens is 1. The van der Waals surface area contributed by atoms with Crippen LogP contribution < -0.4 is 14.5 Å². The van der Waals surface area contributed by atoms with E-state index in [2.05, 4.69) is 29.7 Å². The van der Waals surface area contributed by atoms with Crippen LogP contribution >= 0.6 is 11.6 Å². The summed E-state index contributed by atoms with van der Waals surface area (Å²) in [4.78, 5) is 49.9. The van der Waals surface area contributed by atoms with Crippen LogP contribution in [-0.4, -0.2) is 105 Å². The largest absolute Gasteiger partial charge is 0.473 e. The van der Waals surface area contributed by atoms with Gasteiger partial charge in [0.15, 0.2) is 0 Å². The van der Waals surface area contributed by atoms with E-state index in [4.69, 9.17) is 25.8 Å². The molecule has 7 rings (SSSR count). The van der Waals surface area contributed by atoms with Crippen LogP contribution in [0.25, 0.3) is 0 Å². The lowest BCUT2D eigenvalue weighted by Gasteiger charge is -2.40. The van der Waals surface area contributed by atoms with E-state index < -0.39 is 11.2 Å². The van der Waals surface area contributed by atoms with Crippen LogP contribution in [0.4, 0.5) is 21.2 Å². The zero-order valence-electron chi connectivity index (χ0n) is 36.0. The Balaban J connectivity index is 0.000000204. The molecule has 13 nitrogen and oxygen atoms in total. The van der Waals surface area contributed by atoms with Crippen molar-refractivity contribution >= 4 is 35.4 Å². The van der Waals surface area contributed by atoms with E-state index in [1.165, 1.54) is 19.2 Å². The van der Waals surface area contributed by atoms with Crippen molar-refractivity contribution in [1.29, 1.82) is 0 Å². The monoisotopic (exact) mass is 832 g/mol. The maximum atomic E-state index is 12.3. The van der Waals surface area contributed by atoms with Crippen LogP contribution in [0.2, 0.25) is 5.15 Å². The maximum Gasteiger partial charge on any atom is 0.410 e. The van der Waals surface area contributed by atoms with Gasteiger partial charge in [-0.2, -0.15) is 0 Å². The highest BCUT2D eigenvalue weighted by Gasteiger charge is 2.34. The van der Waals surface area contributed by atoms with Crippen LogP contribution in [0.1, 0.15) is 98.5 Å². The van der Waals surface area contributed by atoms with Crippen LogP contribution in [0, 0.1) is 23.7 Å². The van der Waals surface area contributed by atoms with Gasteiger partial charge in [0, 0.05) is 64.5 Å². The fraction of sp³-hybridized carbons (Fsp3) is 0.644. The Morgan fingerprint density at radius 1 is 0.593 bits per heavy atom. The summed E-state index contributed by atoms with van der Waals surface area (Å²) in [6.07, 6.45) is 11.7. The van der Waals surface area contributed by atoms with E-state index in [1.54, 1.807) is 6.33 Å². The van der Waals surface area contributed by atoms with E-state index in [0.717, 1.165) is 114 Å². The number of piperidine rings is 4. The Bertz CT molecular complexity index is 1770. The third-order valence-electron chi connectivity index (χ3n) is 11.9. The summed E-state index contributed by atoms with van der Waals surface area (Å²) in [6, 6.07) is 13.9. The molecule has 0 saturated carbocycles. The minimum atomic E-state index is -0.436. The van der Waals surface area contributed by atoms with E-state index >= 15 is 0 Å². The van der Waals surface area contributed by atoms with E-state index in [0.29, 0.717) is 35.4 Å². The normalized spacial score (nSPS) is 19.2. The summed E-state index contributed by atoms with van der Waals surface area (Å²) >= 11 is 5.97. The lowest BCUT2D eigenvalue weighted by molar-refractivity contribution is 0.0142. The van der Waals surface area contributed by atoms with Gasteiger partial charge >= 0.3 is 12.2 Å². The van der Waals surface area contributed by atoms with Crippen molar-refractivity contribution in [3.05, 3.63) is 65.8 Å². The van der Waals surface area contributed by atoms with E-state index in [9.17, 15) is 9.59 Å². The van der Waals surface area contributed by atoms with Crippen LogP contribution in [-0.2, 0) is 16.1 Å². The molecule has 59 heavy (non-hydrogen) atoms. The number of carbonyl (C=O) groups is 2. The molecular formula is C45H65ClN8O5. The van der Waals surface area contributed by atoms with Gasteiger partial charge in [0.05, 0.1) is 0 Å². The Morgan fingerprint density at radius 2 is 1.00 bits per heavy atom. The lowest BCUT2D eigenvalue weighted by Crippen LogP contribution is -2.44. The maximum absolute atomic E-state index is 12.3. The summed E-state index contributed by atoms with van der Waals surface area (Å²) in [7, 11) is 0. The molecule has 0 spiro atoms. The van der Waals surface area contributed by atoms with Crippen molar-refractivity contribution in [2.45, 2.75) is 111 Å². The number of aromatic nitrogens is 4. The summed E-state index contributed by atoms with van der Waals surface area (Å²) in [5.74, 6) is 5.28. The smallest absolute Gasteiger partial charge is 0.410 e. The zero-order valence-corrected chi connectivity index (χ0v) is 36.8. The number of anilines is 2. The Hall–Kier alpha value is -4.39. The molecule has 0 bridgehead atoms. The van der Waals surface area contributed by atoms with Gasteiger partial charge in [-0.1, -0.05) is 41.9 Å². The van der Waals surface area contributed by atoms with Crippen molar-refractivity contribution in [2.75, 3.05) is 62.2 Å². The predicted molar refractivity (Wildman–Crippen MR) is 231 cm³/mol. The number of ether oxygens (including phenoxy) is 3. The number of hydrogen-bond acceptors (Lipinski definition) is 11. The van der Waals surface area contributed by atoms with Crippen LogP contribution in [0.3, 0.4) is 0 Å². The van der Waals surface area contributed by atoms with E-state index in [1.807, 2.05) is 93.8 Å². The molecular weight excluding hydrogens is 768 g/mol. The average Bonchev–Trinajstić information content (AvgIpc) is 3.23. The van der Waals surface area contributed by atoms with Crippen molar-refractivity contribution in [2.24, 2.45) is 23.7 Å². The third kappa shape index (κ3) is 13.6. The van der Waals surface area contributed by atoms with Crippen molar-refractivity contribution in [3.8, 4) is 5.88 Å². The second-order valence-electron chi connectivity index (χ2n) is 18.4. The highest BCUT2D eigenvalue weighted by molar-refractivity contribution is 6.29. The Kier molecular flexibility index (Phi) is 15.2. The van der Waals surface area contributed by atoms with Gasteiger partial charge in [0.1, 0.15) is 47.3 Å². The molecule has 2 amide bonds. The molecule has 0 aliphatic carbocycles. The molecule has 322 valence electrons. The lowest BCUT2D eigenvalue weighted by atomic mass is 9.79. The van der Waals surface area contributed by atoms with Gasteiger partial charge in [0.25, 0.3) is 0 Å². The van der Waals surface area contributed by atoms with Crippen molar-refractivity contribution in [1.82, 2.24) is 29.7 Å². The van der Waals surface area contributed by atoms with E-state index in [-0.39, 0.29) is 12.2 Å². The van der Waals surface area contributed by atoms with Crippen LogP contribution in [0.15, 0.2) is 55.1 Å². The predicted octanol–water partition coefficient (Wildman–Crippen LogP) is 8.91. The van der Waals surface area contributed by atoms with Gasteiger partial charge in [-0.05, 0) is 122 Å². The first-order valence-corrected chi connectivity index (χ1v) is 22.0. The first-order valence-electron chi connectivity index (χ1n) is 21.6. The molecule has 0 atom stereocenters. The average molecular weight is 834 g/mol. The minimum Gasteiger partial charge on any atom is -0.473 e. The summed E-state index contributed by atoms with van der Waals surface area (Å²) < 4.78 is 16.9. The fourth-order valence-electron chi connectivity index (χ4n) is 8.77. The molecule has 6 heterocycles. The number of rotatable bonds is 7. The summed E-state index contributed by atoms with van der Waals surface area (Å²) in [5, 5.41) is 0.492. The van der Waals surface area contributed by atoms with Gasteiger partial charge in [-0.25, -0.2) is 29.5 Å². The molecule has 4 aliphatic heterocycles. The molecule has 1 aromatic carbocycles. The first kappa shape index (κ1) is 44.2. The highest BCUT2D eigenvalue weighted by atomic mass is 35.5. The van der Waals surface area contributed by atoms with Crippen molar-refractivity contribution in [3.63, 3.8) is 0 Å². The minimum absolute atomic E-state index is 0.175. The first-order chi connectivity index (χ1) is 28.2. The number of likely N-dealkylation sites (tertiary alicyclic amines) is 2. The van der Waals surface area contributed by atoms with Crippen LogP contribution in [0.5, 0.6) is 5.88 Å². The quantitative estimate of drug-likeness (QED) is 0.212. The van der Waals surface area contributed by atoms with Crippen molar-refractivity contribution < 1.29 is 23.8 Å². The van der Waals surface area contributed by atoms with Gasteiger partial charge in [-0.3, -0.25) is 0 Å². The van der Waals surface area contributed by atoms with Gasteiger partial charge in [-0.15, -0.1) is 0 Å². The Labute approximate surface area is 356 Å². The molecule has 0 N–H and O–H groups in total. The molecule has 2 aromatic heterocycles. The highest BCUT2D eigenvalue weighted by Crippen LogP contribution is 2.36. The molecule has 0 radical (unpaired) electrons. The molecule has 4 fully saturated rings. The number of amides is 2. The number of nitrogens with zero attached hydrogens (tertiary/aromatic N) is 8. The Morgan fingerprint density at radius 3 is 1.42 bits per heavy atom. The van der Waals surface area contributed by atoms with Gasteiger partial charge in [0.2, 0.25) is 5.88 Å². The number of benzene rings is 1. The SMILES string of the molecule is CC(C)(C)OC(=O)N1CCC(C2CCN(c3cc(Cl)ncn3)CC2)CC1.CC(C)(C)OC(=O)N1CCC(C2CCN(c3cc(OCc4ccccc4)ncn3)CC2)CC1. The zero-order chi connectivity index (χ0) is 42.0. The second-order valence-corrected chi connectivity index (χ2v) is 18.8. The summed E-state index contributed by atoms with van der Waals surface area (Å²) in [5.41, 5.74) is 0.259. The standard InChI is InChI=1S/C26H36N4O3.C19H29ClN4O2/c1-26(2,3)33-25(31)30-15-11-22(12-16-30)21-9-13-29(14-10-21)23-17-24(28-19-27-23)32-18-20-7-5-4-6-8-20;1-19(2,3)26-18(25)24-10-6-15(7-11-24)14-4-8-23(9-5-14)17-12-16(20)21-13-22-17/h4-8,17,19,21-22H,9-16,18H2,1-3H3;12-15H,4-11H2,1-3H3. The topological polar surface area (TPSA) is 126 Å². The third-order valence-corrected chi connectivity index (χ3v) is 12.1. The fourth-order valence-corrected chi connectivity index (χ4v) is 8.91.